The summed E-state index contributed by atoms with van der Waals surface area (Å²) in [5.74, 6) is 0. The van der Waals surface area contributed by atoms with Gasteiger partial charge in [0.2, 0.25) is 0 Å². The summed E-state index contributed by atoms with van der Waals surface area (Å²) in [7, 11) is -2.74. The Morgan fingerprint density at radius 3 is 1.49 bits per heavy atom. The van der Waals surface area contributed by atoms with Crippen molar-refractivity contribution in [1.29, 1.82) is 0 Å². The number of nitrogens with zero attached hydrogens (tertiary/aromatic N) is 1. The van der Waals surface area contributed by atoms with Gasteiger partial charge < -0.3 is 4.90 Å². The molecule has 0 N–H and O–H groups in total. The molecule has 0 bridgehead atoms. The highest BCUT2D eigenvalue weighted by molar-refractivity contribution is 7.22. The molecule has 0 fully saturated rings. The van der Waals surface area contributed by atoms with Crippen LogP contribution in [-0.4, -0.2) is 8.07 Å². The lowest BCUT2D eigenvalue weighted by Gasteiger charge is -2.33. The highest BCUT2D eigenvalue weighted by Gasteiger charge is 2.48. The Kier molecular flexibility index (Phi) is 9.26. The van der Waals surface area contributed by atoms with Gasteiger partial charge >= 0.3 is 0 Å². The van der Waals surface area contributed by atoms with Gasteiger partial charge in [0.15, 0.2) is 8.07 Å². The van der Waals surface area contributed by atoms with E-state index in [1.54, 1.807) is 0 Å². The molecule has 0 amide bonds. The number of hydrogen-bond donors (Lipinski definition) is 0. The van der Waals surface area contributed by atoms with Crippen LogP contribution in [0.2, 0.25) is 0 Å². The molecule has 1 heterocycles. The van der Waals surface area contributed by atoms with Gasteiger partial charge in [-0.05, 0) is 136 Å². The number of hydrogen-bond acceptors (Lipinski definition) is 1. The van der Waals surface area contributed by atoms with Gasteiger partial charge in [-0.3, -0.25) is 0 Å². The zero-order chi connectivity index (χ0) is 43.5. The average molecular weight is 846 g/mol. The molecule has 10 aromatic rings. The van der Waals surface area contributed by atoms with Crippen molar-refractivity contribution in [2.45, 2.75) is 19.3 Å². The van der Waals surface area contributed by atoms with Crippen LogP contribution >= 0.6 is 0 Å². The Labute approximate surface area is 383 Å². The zero-order valence-electron chi connectivity index (χ0n) is 36.6. The van der Waals surface area contributed by atoms with E-state index < -0.39 is 8.07 Å². The van der Waals surface area contributed by atoms with E-state index in [0.717, 1.165) is 17.1 Å². The normalized spacial score (nSPS) is 13.6. The summed E-state index contributed by atoms with van der Waals surface area (Å²) in [5.41, 5.74) is 18.6. The van der Waals surface area contributed by atoms with Crippen molar-refractivity contribution in [3.8, 4) is 55.6 Å². The topological polar surface area (TPSA) is 3.24 Å². The number of benzene rings is 10. The van der Waals surface area contributed by atoms with Gasteiger partial charge in [0, 0.05) is 22.5 Å². The standard InChI is InChI=1S/C63H47NSi/c1-63(2)58-33-15-12-32-56(58)62-57(46-22-8-4-9-23-46)41-48(42-59(62)63)47-24-18-25-50(40-47)64(49-38-36-45(37-39-49)44-20-6-3-7-21-44)51-26-19-29-53(43-51)65(52-27-10-5-11-28-52)60-34-16-13-30-54(60)55-31-14-17-35-61(55)65/h3-43H,1-2H3. The maximum atomic E-state index is 2.50. The fourth-order valence-electron chi connectivity index (χ4n) is 11.1. The van der Waals surface area contributed by atoms with E-state index in [4.69, 9.17) is 0 Å². The molecule has 10 aromatic carbocycles. The summed E-state index contributed by atoms with van der Waals surface area (Å²) in [6.07, 6.45) is 0. The second-order valence-corrected chi connectivity index (χ2v) is 21.8. The van der Waals surface area contributed by atoms with Crippen molar-refractivity contribution in [3.05, 3.63) is 260 Å². The summed E-state index contributed by atoms with van der Waals surface area (Å²) >= 11 is 0. The fraction of sp³-hybridized carbons (Fsp3) is 0.0476. The summed E-state index contributed by atoms with van der Waals surface area (Å²) < 4.78 is 0. The average Bonchev–Trinajstić information content (AvgIpc) is 3.81. The van der Waals surface area contributed by atoms with E-state index in [-0.39, 0.29) is 5.41 Å². The Morgan fingerprint density at radius 1 is 0.308 bits per heavy atom. The minimum atomic E-state index is -2.74. The molecule has 2 heteroatoms. The second-order valence-electron chi connectivity index (χ2n) is 18.0. The molecule has 65 heavy (non-hydrogen) atoms. The van der Waals surface area contributed by atoms with Crippen LogP contribution in [0.25, 0.3) is 55.6 Å². The molecule has 0 unspecified atom stereocenters. The third-order valence-corrected chi connectivity index (χ3v) is 19.0. The first-order valence-electron chi connectivity index (χ1n) is 22.8. The highest BCUT2D eigenvalue weighted by Crippen LogP contribution is 2.53. The van der Waals surface area contributed by atoms with E-state index in [1.165, 1.54) is 87.5 Å². The maximum absolute atomic E-state index is 2.74. The Morgan fingerprint density at radius 2 is 0.815 bits per heavy atom. The van der Waals surface area contributed by atoms with Crippen LogP contribution in [0.3, 0.4) is 0 Å². The minimum absolute atomic E-state index is 0.147. The smallest absolute Gasteiger partial charge is 0.180 e. The van der Waals surface area contributed by atoms with Crippen molar-refractivity contribution < 1.29 is 0 Å². The first kappa shape index (κ1) is 38.9. The molecule has 0 radical (unpaired) electrons. The van der Waals surface area contributed by atoms with E-state index in [2.05, 4.69) is 267 Å². The van der Waals surface area contributed by atoms with Gasteiger partial charge in [-0.25, -0.2) is 0 Å². The van der Waals surface area contributed by atoms with Crippen LogP contribution in [0.4, 0.5) is 17.1 Å². The third kappa shape index (κ3) is 6.20. The quantitative estimate of drug-likeness (QED) is 0.138. The van der Waals surface area contributed by atoms with Gasteiger partial charge in [-0.15, -0.1) is 0 Å². The summed E-state index contributed by atoms with van der Waals surface area (Å²) in [6.45, 7) is 4.76. The van der Waals surface area contributed by atoms with Gasteiger partial charge in [0.1, 0.15) is 0 Å². The van der Waals surface area contributed by atoms with Crippen molar-refractivity contribution in [2.24, 2.45) is 0 Å². The molecule has 1 aliphatic carbocycles. The first-order valence-corrected chi connectivity index (χ1v) is 24.8. The minimum Gasteiger partial charge on any atom is -0.310 e. The van der Waals surface area contributed by atoms with Crippen LogP contribution < -0.4 is 25.6 Å². The van der Waals surface area contributed by atoms with E-state index in [0.29, 0.717) is 0 Å². The van der Waals surface area contributed by atoms with Crippen LogP contribution in [0, 0.1) is 0 Å². The lowest BCUT2D eigenvalue weighted by atomic mass is 9.80. The Balaban J connectivity index is 1.06. The predicted molar refractivity (Wildman–Crippen MR) is 278 cm³/mol. The molecule has 1 nitrogen and oxygen atoms in total. The van der Waals surface area contributed by atoms with Crippen LogP contribution in [0.1, 0.15) is 25.0 Å². The van der Waals surface area contributed by atoms with Gasteiger partial charge in [-0.1, -0.05) is 214 Å². The lowest BCUT2D eigenvalue weighted by molar-refractivity contribution is 0.660. The molecule has 0 aromatic heterocycles. The van der Waals surface area contributed by atoms with Gasteiger partial charge in [0.05, 0.1) is 0 Å². The zero-order valence-corrected chi connectivity index (χ0v) is 37.6. The van der Waals surface area contributed by atoms with E-state index in [1.807, 2.05) is 0 Å². The SMILES string of the molecule is CC1(C)c2ccccc2-c2c(-c3ccccc3)cc(-c3cccc(N(c4ccc(-c5ccccc5)cc4)c4cccc([Si]5(c6ccccc6)c6ccccc6-c6ccccc65)c4)c3)cc21. The molecule has 308 valence electrons. The summed E-state index contributed by atoms with van der Waals surface area (Å²) in [4.78, 5) is 2.47. The monoisotopic (exact) mass is 845 g/mol. The van der Waals surface area contributed by atoms with Crippen molar-refractivity contribution >= 4 is 45.9 Å². The number of rotatable bonds is 8. The van der Waals surface area contributed by atoms with Crippen LogP contribution in [0.15, 0.2) is 249 Å². The molecule has 1 aliphatic heterocycles. The van der Waals surface area contributed by atoms with Crippen LogP contribution in [-0.2, 0) is 5.41 Å². The second kappa shape index (κ2) is 15.5. The Bertz CT molecular complexity index is 3340. The fourth-order valence-corrected chi connectivity index (χ4v) is 16.3. The van der Waals surface area contributed by atoms with Crippen molar-refractivity contribution in [1.82, 2.24) is 0 Å². The summed E-state index contributed by atoms with van der Waals surface area (Å²) in [5, 5.41) is 5.65. The predicted octanol–water partition coefficient (Wildman–Crippen LogP) is 13.8. The number of anilines is 3. The lowest BCUT2D eigenvalue weighted by Crippen LogP contribution is -2.72. The van der Waals surface area contributed by atoms with Crippen molar-refractivity contribution in [3.63, 3.8) is 0 Å². The number of fused-ring (bicyclic) bond motifs is 6. The van der Waals surface area contributed by atoms with E-state index in [9.17, 15) is 0 Å². The van der Waals surface area contributed by atoms with Gasteiger partial charge in [0.25, 0.3) is 0 Å². The van der Waals surface area contributed by atoms with Gasteiger partial charge in [-0.2, -0.15) is 0 Å². The molecular weight excluding hydrogens is 799 g/mol. The largest absolute Gasteiger partial charge is 0.310 e. The molecule has 0 saturated heterocycles. The first-order chi connectivity index (χ1) is 32.0. The summed E-state index contributed by atoms with van der Waals surface area (Å²) in [6, 6.07) is 92.8. The maximum Gasteiger partial charge on any atom is 0.180 e. The molecular formula is C63H47NSi. The van der Waals surface area contributed by atoms with Crippen LogP contribution in [0.5, 0.6) is 0 Å². The molecule has 2 aliphatic rings. The molecule has 12 rings (SSSR count). The third-order valence-electron chi connectivity index (χ3n) is 14.1. The molecule has 0 atom stereocenters. The van der Waals surface area contributed by atoms with E-state index >= 15 is 0 Å². The molecule has 0 saturated carbocycles. The Hall–Kier alpha value is -7.78. The van der Waals surface area contributed by atoms with Crippen molar-refractivity contribution in [2.75, 3.05) is 4.90 Å². The molecule has 0 spiro atoms. The highest BCUT2D eigenvalue weighted by atomic mass is 28.3.